The third-order valence-electron chi connectivity index (χ3n) is 3.11. The predicted molar refractivity (Wildman–Crippen MR) is 95.0 cm³/mol. The van der Waals surface area contributed by atoms with Crippen LogP contribution in [-0.2, 0) is 6.54 Å². The van der Waals surface area contributed by atoms with Crippen molar-refractivity contribution in [2.24, 2.45) is 0 Å². The number of halogens is 2. The van der Waals surface area contributed by atoms with Gasteiger partial charge in [0, 0.05) is 6.54 Å². The highest BCUT2D eigenvalue weighted by Crippen LogP contribution is 2.36. The summed E-state index contributed by atoms with van der Waals surface area (Å²) in [5.74, 6) is 1.56. The van der Waals surface area contributed by atoms with Gasteiger partial charge in [-0.25, -0.2) is 0 Å². The molecule has 0 aliphatic heterocycles. The maximum absolute atomic E-state index is 5.59. The monoisotopic (exact) mass is 379 g/mol. The molecule has 5 heteroatoms. The average molecular weight is 381 g/mol. The van der Waals surface area contributed by atoms with Gasteiger partial charge in [0.15, 0.2) is 11.5 Å². The molecule has 3 nitrogen and oxygen atoms in total. The Kier molecular flexibility index (Phi) is 11.9. The van der Waals surface area contributed by atoms with Crippen LogP contribution in [0.4, 0.5) is 0 Å². The molecule has 0 aliphatic rings. The Hall–Kier alpha value is -0.450. The zero-order valence-electron chi connectivity index (χ0n) is 13.2. The molecule has 0 saturated heterocycles. The molecular formula is C16H27BrClNO2. The Labute approximate surface area is 143 Å². The number of methoxy groups -OCH3 is 1. The molecule has 0 spiro atoms. The van der Waals surface area contributed by atoms with Gasteiger partial charge in [-0.1, -0.05) is 26.2 Å². The fourth-order valence-corrected chi connectivity index (χ4v) is 2.67. The van der Waals surface area contributed by atoms with Crippen molar-refractivity contribution in [1.29, 1.82) is 0 Å². The van der Waals surface area contributed by atoms with Crippen molar-refractivity contribution >= 4 is 28.3 Å². The summed E-state index contributed by atoms with van der Waals surface area (Å²) in [5, 5.41) is 3.47. The van der Waals surface area contributed by atoms with Gasteiger partial charge in [-0.2, -0.15) is 0 Å². The molecule has 1 aromatic carbocycles. The largest absolute Gasteiger partial charge is 0.493 e. The van der Waals surface area contributed by atoms with Crippen LogP contribution in [0.25, 0.3) is 0 Å². The summed E-state index contributed by atoms with van der Waals surface area (Å²) in [6, 6.07) is 4.13. The normalized spacial score (nSPS) is 10.1. The first-order valence-electron chi connectivity index (χ1n) is 7.42. The summed E-state index contributed by atoms with van der Waals surface area (Å²) in [5.41, 5.74) is 1.20. The van der Waals surface area contributed by atoms with E-state index >= 15 is 0 Å². The molecule has 0 aliphatic carbocycles. The number of hydrogen-bond acceptors (Lipinski definition) is 3. The minimum atomic E-state index is 0. The van der Waals surface area contributed by atoms with Gasteiger partial charge >= 0.3 is 0 Å². The first-order chi connectivity index (χ1) is 9.72. The van der Waals surface area contributed by atoms with Crippen LogP contribution in [0.5, 0.6) is 11.5 Å². The molecule has 0 heterocycles. The molecule has 0 fully saturated rings. The highest BCUT2D eigenvalue weighted by Gasteiger charge is 2.10. The maximum Gasteiger partial charge on any atom is 0.175 e. The van der Waals surface area contributed by atoms with Crippen LogP contribution in [0.15, 0.2) is 16.6 Å². The van der Waals surface area contributed by atoms with Crippen molar-refractivity contribution in [3.05, 3.63) is 22.2 Å². The van der Waals surface area contributed by atoms with E-state index in [4.69, 9.17) is 9.47 Å². The zero-order valence-corrected chi connectivity index (χ0v) is 15.6. The lowest BCUT2D eigenvalue weighted by atomic mass is 10.2. The smallest absolute Gasteiger partial charge is 0.175 e. The summed E-state index contributed by atoms with van der Waals surface area (Å²) < 4.78 is 11.9. The van der Waals surface area contributed by atoms with Gasteiger partial charge in [0.05, 0.1) is 18.2 Å². The van der Waals surface area contributed by atoms with Crippen LogP contribution in [0.2, 0.25) is 0 Å². The molecule has 0 atom stereocenters. The summed E-state index contributed by atoms with van der Waals surface area (Å²) in [7, 11) is 1.67. The minimum absolute atomic E-state index is 0. The fourth-order valence-electron chi connectivity index (χ4n) is 2.07. The zero-order chi connectivity index (χ0) is 14.8. The Morgan fingerprint density at radius 3 is 2.52 bits per heavy atom. The molecule has 1 aromatic rings. The molecule has 0 radical (unpaired) electrons. The van der Waals surface area contributed by atoms with E-state index in [1.54, 1.807) is 7.11 Å². The lowest BCUT2D eigenvalue weighted by molar-refractivity contribution is 0.308. The molecule has 0 saturated carbocycles. The number of unbranched alkanes of at least 4 members (excludes halogenated alkanes) is 3. The van der Waals surface area contributed by atoms with Crippen molar-refractivity contribution in [2.75, 3.05) is 20.3 Å². The molecule has 0 bridgehead atoms. The van der Waals surface area contributed by atoms with Crippen LogP contribution in [0.1, 0.15) is 45.1 Å². The van der Waals surface area contributed by atoms with Gasteiger partial charge in [-0.05, 0) is 53.5 Å². The standard InChI is InChI=1S/C16H26BrNO2.ClH/c1-4-6-7-8-9-18-12-13-10-14(17)16(20-5-2)15(11-13)19-3;/h10-11,18H,4-9,12H2,1-3H3;1H. The summed E-state index contributed by atoms with van der Waals surface area (Å²) in [6.45, 7) is 6.75. The van der Waals surface area contributed by atoms with Crippen LogP contribution < -0.4 is 14.8 Å². The second-order valence-electron chi connectivity index (χ2n) is 4.78. The van der Waals surface area contributed by atoms with E-state index in [-0.39, 0.29) is 12.4 Å². The highest BCUT2D eigenvalue weighted by molar-refractivity contribution is 9.10. The fraction of sp³-hybridized carbons (Fsp3) is 0.625. The number of hydrogen-bond donors (Lipinski definition) is 1. The van der Waals surface area contributed by atoms with E-state index in [9.17, 15) is 0 Å². The highest BCUT2D eigenvalue weighted by atomic mass is 79.9. The summed E-state index contributed by atoms with van der Waals surface area (Å²) in [6.07, 6.45) is 5.15. The number of ether oxygens (including phenoxy) is 2. The van der Waals surface area contributed by atoms with Crippen LogP contribution in [-0.4, -0.2) is 20.3 Å². The van der Waals surface area contributed by atoms with Gasteiger partial charge in [0.2, 0.25) is 0 Å². The molecule has 0 unspecified atom stereocenters. The minimum Gasteiger partial charge on any atom is -0.493 e. The molecule has 0 aromatic heterocycles. The van der Waals surface area contributed by atoms with Crippen molar-refractivity contribution in [2.45, 2.75) is 46.1 Å². The van der Waals surface area contributed by atoms with E-state index in [0.29, 0.717) is 6.61 Å². The average Bonchev–Trinajstić information content (AvgIpc) is 2.45. The molecule has 0 amide bonds. The number of rotatable bonds is 10. The van der Waals surface area contributed by atoms with E-state index < -0.39 is 0 Å². The van der Waals surface area contributed by atoms with Crippen LogP contribution in [0.3, 0.4) is 0 Å². The molecule has 1 rings (SSSR count). The lowest BCUT2D eigenvalue weighted by Gasteiger charge is -2.13. The molecule has 122 valence electrons. The van der Waals surface area contributed by atoms with E-state index in [1.165, 1.54) is 31.2 Å². The van der Waals surface area contributed by atoms with Crippen molar-refractivity contribution in [3.63, 3.8) is 0 Å². The second-order valence-corrected chi connectivity index (χ2v) is 5.63. The van der Waals surface area contributed by atoms with Gasteiger partial charge in [-0.3, -0.25) is 0 Å². The number of benzene rings is 1. The Bertz CT molecular complexity index is 402. The second kappa shape index (κ2) is 12.1. The first kappa shape index (κ1) is 20.6. The number of nitrogens with one attached hydrogen (secondary N) is 1. The topological polar surface area (TPSA) is 30.5 Å². The Morgan fingerprint density at radius 1 is 1.14 bits per heavy atom. The molecule has 21 heavy (non-hydrogen) atoms. The van der Waals surface area contributed by atoms with E-state index in [2.05, 4.69) is 34.2 Å². The van der Waals surface area contributed by atoms with Crippen LogP contribution in [0, 0.1) is 0 Å². The quantitative estimate of drug-likeness (QED) is 0.583. The first-order valence-corrected chi connectivity index (χ1v) is 8.22. The van der Waals surface area contributed by atoms with Crippen LogP contribution >= 0.6 is 28.3 Å². The third kappa shape index (κ3) is 7.39. The van der Waals surface area contributed by atoms with Gasteiger partial charge in [0.25, 0.3) is 0 Å². The van der Waals surface area contributed by atoms with Gasteiger partial charge < -0.3 is 14.8 Å². The molecular weight excluding hydrogens is 354 g/mol. The third-order valence-corrected chi connectivity index (χ3v) is 3.70. The van der Waals surface area contributed by atoms with E-state index in [0.717, 1.165) is 29.1 Å². The Morgan fingerprint density at radius 2 is 1.90 bits per heavy atom. The Balaban J connectivity index is 0.00000400. The predicted octanol–water partition coefficient (Wildman–Crippen LogP) is 4.95. The van der Waals surface area contributed by atoms with E-state index in [1.807, 2.05) is 13.0 Å². The summed E-state index contributed by atoms with van der Waals surface area (Å²) in [4.78, 5) is 0. The van der Waals surface area contributed by atoms with Gasteiger partial charge in [-0.15, -0.1) is 12.4 Å². The SMILES string of the molecule is CCCCCCNCc1cc(Br)c(OCC)c(OC)c1.Cl. The maximum atomic E-state index is 5.59. The van der Waals surface area contributed by atoms with Crippen molar-refractivity contribution in [3.8, 4) is 11.5 Å². The molecule has 1 N–H and O–H groups in total. The lowest BCUT2D eigenvalue weighted by Crippen LogP contribution is -2.14. The van der Waals surface area contributed by atoms with Crippen molar-refractivity contribution in [1.82, 2.24) is 5.32 Å². The van der Waals surface area contributed by atoms with Gasteiger partial charge in [0.1, 0.15) is 0 Å². The summed E-state index contributed by atoms with van der Waals surface area (Å²) >= 11 is 3.55. The van der Waals surface area contributed by atoms with Crippen molar-refractivity contribution < 1.29 is 9.47 Å².